The summed E-state index contributed by atoms with van der Waals surface area (Å²) >= 11 is 0. The highest BCUT2D eigenvalue weighted by molar-refractivity contribution is 6.00. The van der Waals surface area contributed by atoms with Gasteiger partial charge in [-0.3, -0.25) is 9.59 Å². The van der Waals surface area contributed by atoms with Crippen LogP contribution in [0.4, 0.5) is 5.69 Å². The van der Waals surface area contributed by atoms with Gasteiger partial charge in [0.05, 0.1) is 5.56 Å². The molecule has 6 nitrogen and oxygen atoms in total. The highest BCUT2D eigenvalue weighted by Gasteiger charge is 2.58. The van der Waals surface area contributed by atoms with Gasteiger partial charge in [0.15, 0.2) is 0 Å². The Morgan fingerprint density at radius 3 is 2.52 bits per heavy atom. The van der Waals surface area contributed by atoms with Crippen molar-refractivity contribution in [3.8, 4) is 0 Å². The van der Waals surface area contributed by atoms with Crippen molar-refractivity contribution in [3.63, 3.8) is 0 Å². The third kappa shape index (κ3) is 3.10. The number of para-hydroxylation sites is 1. The number of nitrogens with zero attached hydrogens (tertiary/aromatic N) is 3. The number of carbonyl (C=O) groups is 2. The van der Waals surface area contributed by atoms with Crippen LogP contribution < -0.4 is 4.90 Å². The molecule has 1 N–H and O–H groups in total. The maximum Gasteiger partial charge on any atom is 0.313 e. The van der Waals surface area contributed by atoms with Crippen molar-refractivity contribution in [1.82, 2.24) is 9.80 Å². The van der Waals surface area contributed by atoms with Crippen LogP contribution in [0.1, 0.15) is 29.6 Å². The van der Waals surface area contributed by atoms with Crippen molar-refractivity contribution in [2.24, 2.45) is 17.3 Å². The molecule has 0 bridgehead atoms. The van der Waals surface area contributed by atoms with Gasteiger partial charge in [-0.05, 0) is 30.9 Å². The molecule has 1 aromatic carbocycles. The van der Waals surface area contributed by atoms with E-state index in [0.29, 0.717) is 25.2 Å². The average molecular weight is 371 g/mol. The van der Waals surface area contributed by atoms with Gasteiger partial charge in [0.25, 0.3) is 5.91 Å². The van der Waals surface area contributed by atoms with Gasteiger partial charge in [0.2, 0.25) is 0 Å². The number of hydrogen-bond donors (Lipinski definition) is 1. The molecule has 4 rings (SSSR count). The minimum atomic E-state index is -0.813. The summed E-state index contributed by atoms with van der Waals surface area (Å²) in [7, 11) is 3.84. The summed E-state index contributed by atoms with van der Waals surface area (Å²) in [4.78, 5) is 31.4. The molecule has 0 aromatic heterocycles. The number of hydrogen-bond acceptors (Lipinski definition) is 4. The molecule has 1 saturated carbocycles. The number of carbonyl (C=O) groups excluding carboxylic acids is 1. The predicted molar refractivity (Wildman–Crippen MR) is 104 cm³/mol. The predicted octanol–water partition coefficient (Wildman–Crippen LogP) is 2.01. The van der Waals surface area contributed by atoms with Gasteiger partial charge >= 0.3 is 5.97 Å². The molecule has 2 aliphatic heterocycles. The Labute approximate surface area is 160 Å². The number of benzene rings is 1. The highest BCUT2D eigenvalue weighted by Crippen LogP contribution is 2.44. The topological polar surface area (TPSA) is 64.1 Å². The first-order valence-electron chi connectivity index (χ1n) is 9.92. The zero-order valence-electron chi connectivity index (χ0n) is 16.2. The molecule has 146 valence electrons. The fraction of sp³-hybridized carbons (Fsp3) is 0.619. The maximum absolute atomic E-state index is 13.2. The molecule has 27 heavy (non-hydrogen) atoms. The summed E-state index contributed by atoms with van der Waals surface area (Å²) in [6, 6.07) is 7.55. The smallest absolute Gasteiger partial charge is 0.313 e. The van der Waals surface area contributed by atoms with Crippen LogP contribution in [0.5, 0.6) is 0 Å². The summed E-state index contributed by atoms with van der Waals surface area (Å²) < 4.78 is 0. The first-order valence-corrected chi connectivity index (χ1v) is 9.92. The Morgan fingerprint density at radius 2 is 1.93 bits per heavy atom. The molecule has 1 aliphatic carbocycles. The normalized spacial score (nSPS) is 28.1. The number of rotatable bonds is 5. The van der Waals surface area contributed by atoms with Crippen molar-refractivity contribution >= 4 is 17.6 Å². The summed E-state index contributed by atoms with van der Waals surface area (Å²) in [6.45, 7) is 3.23. The van der Waals surface area contributed by atoms with Gasteiger partial charge in [-0.1, -0.05) is 18.6 Å². The van der Waals surface area contributed by atoms with Crippen molar-refractivity contribution in [3.05, 3.63) is 29.8 Å². The van der Waals surface area contributed by atoms with Gasteiger partial charge in [-0.2, -0.15) is 0 Å². The number of carboxylic acids is 1. The number of anilines is 1. The standard InChI is InChI=1S/C21H29N3O3/c1-22(2)18-9-4-3-8-17(18)19(25)24-12-16-11-23(10-15-6-5-7-15)13-21(16,14-24)20(26)27/h3-4,8-9,15-16H,5-7,10-14H2,1-2H3,(H,26,27)/t16-,21-/m1/s1. The summed E-state index contributed by atoms with van der Waals surface area (Å²) in [5.74, 6) is -0.0513. The van der Waals surface area contributed by atoms with E-state index in [1.807, 2.05) is 43.3 Å². The van der Waals surface area contributed by atoms with Gasteiger partial charge in [-0.15, -0.1) is 0 Å². The lowest BCUT2D eigenvalue weighted by Gasteiger charge is -2.32. The van der Waals surface area contributed by atoms with E-state index in [-0.39, 0.29) is 11.8 Å². The molecular weight excluding hydrogens is 342 g/mol. The zero-order valence-corrected chi connectivity index (χ0v) is 16.2. The van der Waals surface area contributed by atoms with Crippen molar-refractivity contribution in [2.45, 2.75) is 19.3 Å². The second-order valence-corrected chi connectivity index (χ2v) is 8.75. The van der Waals surface area contributed by atoms with E-state index in [0.717, 1.165) is 24.7 Å². The van der Waals surface area contributed by atoms with Crippen LogP contribution in [0, 0.1) is 17.3 Å². The Bertz CT molecular complexity index is 746. The van der Waals surface area contributed by atoms with E-state index >= 15 is 0 Å². The minimum absolute atomic E-state index is 0.0190. The second kappa shape index (κ2) is 6.82. The molecular formula is C21H29N3O3. The van der Waals surface area contributed by atoms with Crippen LogP contribution in [0.25, 0.3) is 0 Å². The summed E-state index contributed by atoms with van der Waals surface area (Å²) in [5.41, 5.74) is 0.705. The first-order chi connectivity index (χ1) is 12.9. The van der Waals surface area contributed by atoms with Crippen molar-refractivity contribution in [1.29, 1.82) is 0 Å². The van der Waals surface area contributed by atoms with Gasteiger partial charge in [-0.25, -0.2) is 0 Å². The Kier molecular flexibility index (Phi) is 4.62. The molecule has 1 amide bonds. The van der Waals surface area contributed by atoms with E-state index in [1.54, 1.807) is 4.90 Å². The van der Waals surface area contributed by atoms with Crippen LogP contribution in [0.15, 0.2) is 24.3 Å². The van der Waals surface area contributed by atoms with Gasteiger partial charge in [0.1, 0.15) is 5.41 Å². The number of amides is 1. The Hall–Kier alpha value is -2.08. The first kappa shape index (κ1) is 18.3. The molecule has 6 heteroatoms. The van der Waals surface area contributed by atoms with Crippen LogP contribution in [-0.2, 0) is 4.79 Å². The van der Waals surface area contributed by atoms with Crippen LogP contribution in [0.3, 0.4) is 0 Å². The molecule has 3 aliphatic rings. The summed E-state index contributed by atoms with van der Waals surface area (Å²) in [5, 5.41) is 10.0. The third-order valence-electron chi connectivity index (χ3n) is 6.75. The quantitative estimate of drug-likeness (QED) is 0.858. The molecule has 3 fully saturated rings. The highest BCUT2D eigenvalue weighted by atomic mass is 16.4. The monoisotopic (exact) mass is 371 g/mol. The molecule has 2 atom stereocenters. The van der Waals surface area contributed by atoms with Crippen molar-refractivity contribution < 1.29 is 14.7 Å². The largest absolute Gasteiger partial charge is 0.481 e. The number of fused-ring (bicyclic) bond motifs is 1. The van der Waals surface area contributed by atoms with Crippen LogP contribution in [-0.4, -0.2) is 73.6 Å². The molecule has 2 saturated heterocycles. The molecule has 2 heterocycles. The van der Waals surface area contributed by atoms with Crippen LogP contribution >= 0.6 is 0 Å². The van der Waals surface area contributed by atoms with E-state index in [9.17, 15) is 14.7 Å². The number of carboxylic acid groups (broad SMARTS) is 1. The van der Waals surface area contributed by atoms with Crippen molar-refractivity contribution in [2.75, 3.05) is 51.7 Å². The summed E-state index contributed by atoms with van der Waals surface area (Å²) in [6.07, 6.45) is 3.85. The molecule has 0 unspecified atom stereocenters. The van der Waals surface area contributed by atoms with Gasteiger partial charge in [0, 0.05) is 58.4 Å². The molecule has 0 spiro atoms. The number of likely N-dealkylation sites (tertiary alicyclic amines) is 2. The molecule has 0 radical (unpaired) electrons. The lowest BCUT2D eigenvalue weighted by atomic mass is 9.81. The zero-order chi connectivity index (χ0) is 19.2. The average Bonchev–Trinajstić information content (AvgIpc) is 3.12. The minimum Gasteiger partial charge on any atom is -0.481 e. The SMILES string of the molecule is CN(C)c1ccccc1C(=O)N1C[C@H]2CN(CC3CCC3)C[C@@]2(C(=O)O)C1. The number of aliphatic carboxylic acids is 1. The lowest BCUT2D eigenvalue weighted by molar-refractivity contribution is -0.148. The van der Waals surface area contributed by atoms with Gasteiger partial charge < -0.3 is 19.8 Å². The Balaban J connectivity index is 1.52. The van der Waals surface area contributed by atoms with E-state index in [1.165, 1.54) is 19.3 Å². The maximum atomic E-state index is 13.2. The van der Waals surface area contributed by atoms with E-state index in [2.05, 4.69) is 4.90 Å². The fourth-order valence-electron chi connectivity index (χ4n) is 5.02. The third-order valence-corrected chi connectivity index (χ3v) is 6.75. The second-order valence-electron chi connectivity index (χ2n) is 8.75. The van der Waals surface area contributed by atoms with E-state index < -0.39 is 11.4 Å². The Morgan fingerprint density at radius 1 is 1.19 bits per heavy atom. The van der Waals surface area contributed by atoms with Crippen LogP contribution in [0.2, 0.25) is 0 Å². The fourth-order valence-corrected chi connectivity index (χ4v) is 5.02. The molecule has 1 aromatic rings. The lowest BCUT2D eigenvalue weighted by Crippen LogP contribution is -2.43. The van der Waals surface area contributed by atoms with E-state index in [4.69, 9.17) is 0 Å².